The summed E-state index contributed by atoms with van der Waals surface area (Å²) in [5.41, 5.74) is 0. The van der Waals surface area contributed by atoms with E-state index in [9.17, 15) is 30.0 Å². The SMILES string of the molecule is CCCCC/C=C/C/C=C/C/C=C/C/C=C/C/C=C/CCC(=O)OC[C@@H](CO[C@H]1O[C@@H](CO)[C@@H](O)C(O)C1O)OC(=O)CCCCCCCCCCCCCCCCCCCCC. The van der Waals surface area contributed by atoms with Crippen LogP contribution in [-0.4, -0.2) is 89.0 Å². The molecule has 364 valence electrons. The number of hydrogen-bond donors (Lipinski definition) is 4. The summed E-state index contributed by atoms with van der Waals surface area (Å²) in [6, 6.07) is 0. The van der Waals surface area contributed by atoms with Crippen LogP contribution in [0.1, 0.15) is 206 Å². The molecule has 1 aliphatic heterocycles. The number of aliphatic hydroxyl groups is 4. The maximum Gasteiger partial charge on any atom is 0.306 e. The number of esters is 2. The lowest BCUT2D eigenvalue weighted by Gasteiger charge is -2.39. The highest BCUT2D eigenvalue weighted by Crippen LogP contribution is 2.23. The molecular weight excluding hydrogens is 797 g/mol. The van der Waals surface area contributed by atoms with Crippen LogP contribution in [0.15, 0.2) is 60.8 Å². The predicted octanol–water partition coefficient (Wildman–Crippen LogP) is 11.8. The summed E-state index contributed by atoms with van der Waals surface area (Å²) in [4.78, 5) is 25.4. The number of carbonyl (C=O) groups is 2. The zero-order valence-corrected chi connectivity index (χ0v) is 39.8. The molecule has 1 heterocycles. The van der Waals surface area contributed by atoms with Gasteiger partial charge in [-0.05, 0) is 51.4 Å². The molecule has 0 bridgehead atoms. The lowest BCUT2D eigenvalue weighted by atomic mass is 9.99. The summed E-state index contributed by atoms with van der Waals surface area (Å²) in [7, 11) is 0. The average Bonchev–Trinajstić information content (AvgIpc) is 3.28. The van der Waals surface area contributed by atoms with E-state index in [4.69, 9.17) is 18.9 Å². The van der Waals surface area contributed by atoms with E-state index in [0.29, 0.717) is 12.8 Å². The second kappa shape index (κ2) is 43.3. The molecular formula is C53H92O10. The Kier molecular flexibility index (Phi) is 40.2. The predicted molar refractivity (Wildman–Crippen MR) is 256 cm³/mol. The molecule has 10 heteroatoms. The smallest absolute Gasteiger partial charge is 0.306 e. The molecule has 2 unspecified atom stereocenters. The van der Waals surface area contributed by atoms with E-state index in [2.05, 4.69) is 62.5 Å². The minimum absolute atomic E-state index is 0.151. The van der Waals surface area contributed by atoms with Crippen LogP contribution in [0.5, 0.6) is 0 Å². The molecule has 63 heavy (non-hydrogen) atoms. The lowest BCUT2D eigenvalue weighted by molar-refractivity contribution is -0.305. The van der Waals surface area contributed by atoms with E-state index in [1.165, 1.54) is 122 Å². The van der Waals surface area contributed by atoms with Crippen LogP contribution < -0.4 is 0 Å². The molecule has 0 aromatic carbocycles. The van der Waals surface area contributed by atoms with Crippen molar-refractivity contribution in [3.05, 3.63) is 60.8 Å². The van der Waals surface area contributed by atoms with Crippen molar-refractivity contribution in [3.8, 4) is 0 Å². The van der Waals surface area contributed by atoms with Crippen molar-refractivity contribution in [1.29, 1.82) is 0 Å². The molecule has 0 spiro atoms. The highest BCUT2D eigenvalue weighted by atomic mass is 16.7. The van der Waals surface area contributed by atoms with E-state index in [0.717, 1.165) is 44.9 Å². The zero-order valence-electron chi connectivity index (χ0n) is 39.8. The fourth-order valence-electron chi connectivity index (χ4n) is 7.41. The van der Waals surface area contributed by atoms with Crippen molar-refractivity contribution < 1.29 is 49.0 Å². The van der Waals surface area contributed by atoms with E-state index in [1.807, 2.05) is 12.2 Å². The second-order valence-corrected chi connectivity index (χ2v) is 17.3. The fourth-order valence-corrected chi connectivity index (χ4v) is 7.41. The molecule has 1 fully saturated rings. The van der Waals surface area contributed by atoms with Crippen molar-refractivity contribution in [2.45, 2.75) is 243 Å². The first-order valence-corrected chi connectivity index (χ1v) is 25.4. The summed E-state index contributed by atoms with van der Waals surface area (Å²) in [5, 5.41) is 40.2. The minimum atomic E-state index is -1.61. The molecule has 0 radical (unpaired) electrons. The Morgan fingerprint density at radius 3 is 1.40 bits per heavy atom. The topological polar surface area (TPSA) is 152 Å². The Morgan fingerprint density at radius 1 is 0.492 bits per heavy atom. The van der Waals surface area contributed by atoms with Crippen LogP contribution in [0, 0.1) is 0 Å². The number of ether oxygens (including phenoxy) is 4. The average molecular weight is 889 g/mol. The van der Waals surface area contributed by atoms with Crippen molar-refractivity contribution in [2.24, 2.45) is 0 Å². The number of hydrogen-bond acceptors (Lipinski definition) is 10. The zero-order chi connectivity index (χ0) is 45.9. The Hall–Kier alpha value is -2.60. The highest BCUT2D eigenvalue weighted by molar-refractivity contribution is 5.70. The molecule has 1 saturated heterocycles. The quantitative estimate of drug-likeness (QED) is 0.0265. The molecule has 0 aromatic heterocycles. The molecule has 6 atom stereocenters. The Bertz CT molecular complexity index is 1210. The third-order valence-corrected chi connectivity index (χ3v) is 11.4. The van der Waals surface area contributed by atoms with Gasteiger partial charge >= 0.3 is 11.9 Å². The molecule has 1 rings (SSSR count). The van der Waals surface area contributed by atoms with E-state index in [1.54, 1.807) is 0 Å². The Labute approximate surface area is 383 Å². The van der Waals surface area contributed by atoms with Gasteiger partial charge in [-0.3, -0.25) is 9.59 Å². The minimum Gasteiger partial charge on any atom is -0.462 e. The first-order valence-electron chi connectivity index (χ1n) is 25.4. The fraction of sp³-hybridized carbons (Fsp3) is 0.774. The van der Waals surface area contributed by atoms with E-state index < -0.39 is 55.4 Å². The molecule has 10 nitrogen and oxygen atoms in total. The van der Waals surface area contributed by atoms with Crippen molar-refractivity contribution >= 4 is 11.9 Å². The van der Waals surface area contributed by atoms with Gasteiger partial charge < -0.3 is 39.4 Å². The molecule has 0 aliphatic carbocycles. The summed E-state index contributed by atoms with van der Waals surface area (Å²) < 4.78 is 22.2. The normalized spacial score (nSPS) is 20.0. The third-order valence-electron chi connectivity index (χ3n) is 11.4. The number of allylic oxidation sites excluding steroid dienone is 10. The van der Waals surface area contributed by atoms with Gasteiger partial charge in [0.2, 0.25) is 0 Å². The van der Waals surface area contributed by atoms with Crippen LogP contribution >= 0.6 is 0 Å². The van der Waals surface area contributed by atoms with Gasteiger partial charge in [0.25, 0.3) is 0 Å². The first kappa shape index (κ1) is 58.4. The largest absolute Gasteiger partial charge is 0.462 e. The Morgan fingerprint density at radius 2 is 0.921 bits per heavy atom. The van der Waals surface area contributed by atoms with Crippen molar-refractivity contribution in [2.75, 3.05) is 19.8 Å². The van der Waals surface area contributed by atoms with Gasteiger partial charge in [0.15, 0.2) is 12.4 Å². The van der Waals surface area contributed by atoms with Gasteiger partial charge in [0, 0.05) is 12.8 Å². The van der Waals surface area contributed by atoms with Crippen LogP contribution in [0.25, 0.3) is 0 Å². The summed E-state index contributed by atoms with van der Waals surface area (Å²) in [6.07, 6.45) is 46.7. The number of rotatable bonds is 42. The highest BCUT2D eigenvalue weighted by Gasteiger charge is 2.44. The van der Waals surface area contributed by atoms with E-state index in [-0.39, 0.29) is 26.1 Å². The molecule has 4 N–H and O–H groups in total. The first-order chi connectivity index (χ1) is 30.8. The lowest BCUT2D eigenvalue weighted by Crippen LogP contribution is -2.59. The monoisotopic (exact) mass is 889 g/mol. The van der Waals surface area contributed by atoms with Gasteiger partial charge in [-0.2, -0.15) is 0 Å². The van der Waals surface area contributed by atoms with E-state index >= 15 is 0 Å². The molecule has 1 aliphatic rings. The summed E-state index contributed by atoms with van der Waals surface area (Å²) in [6.45, 7) is 3.34. The van der Waals surface area contributed by atoms with Crippen LogP contribution in [0.2, 0.25) is 0 Å². The Balaban J connectivity index is 2.32. The third kappa shape index (κ3) is 34.4. The number of unbranched alkanes of at least 4 members (excludes halogenated alkanes) is 21. The maximum atomic E-state index is 12.8. The molecule has 0 aromatic rings. The summed E-state index contributed by atoms with van der Waals surface area (Å²) >= 11 is 0. The van der Waals surface area contributed by atoms with Gasteiger partial charge in [0.1, 0.15) is 31.0 Å². The summed E-state index contributed by atoms with van der Waals surface area (Å²) in [5.74, 6) is -0.898. The van der Waals surface area contributed by atoms with Gasteiger partial charge in [0.05, 0.1) is 13.2 Å². The molecule has 0 amide bonds. The number of aliphatic hydroxyl groups excluding tert-OH is 4. The second-order valence-electron chi connectivity index (χ2n) is 17.3. The molecule has 0 saturated carbocycles. The van der Waals surface area contributed by atoms with Crippen molar-refractivity contribution in [3.63, 3.8) is 0 Å². The number of carbonyl (C=O) groups excluding carboxylic acids is 2. The van der Waals surface area contributed by atoms with Crippen LogP contribution in [0.4, 0.5) is 0 Å². The van der Waals surface area contributed by atoms with Crippen LogP contribution in [0.3, 0.4) is 0 Å². The van der Waals surface area contributed by atoms with Crippen LogP contribution in [-0.2, 0) is 28.5 Å². The van der Waals surface area contributed by atoms with Gasteiger partial charge in [-0.25, -0.2) is 0 Å². The maximum absolute atomic E-state index is 12.8. The van der Waals surface area contributed by atoms with Gasteiger partial charge in [-0.1, -0.05) is 203 Å². The standard InChI is InChI=1S/C53H92O10/c1-3-5-7-9-11-13-15-17-19-21-23-25-27-29-31-33-35-37-39-41-48(55)60-44-46(45-61-53-52(59)51(58)50(57)47(43-54)63-53)62-49(56)42-40-38-36-34-32-30-28-26-24-22-20-18-16-14-12-10-8-6-4-2/h11,13,17,19,23,25,29,31,35,37,46-47,50-54,57-59H,3-10,12,14-16,18,20-22,24,26-28,30,32-34,36,38-45H2,1-2H3/b13-11+,19-17+,25-23+,31-29+,37-35+/t46-,47-,50+,51?,52?,53-/m0/s1. The van der Waals surface area contributed by atoms with Crippen molar-refractivity contribution in [1.82, 2.24) is 0 Å². The van der Waals surface area contributed by atoms with Gasteiger partial charge in [-0.15, -0.1) is 0 Å².